The van der Waals surface area contributed by atoms with Gasteiger partial charge < -0.3 is 15.5 Å². The number of piperidine rings is 1. The van der Waals surface area contributed by atoms with Gasteiger partial charge in [0.1, 0.15) is 0 Å². The van der Waals surface area contributed by atoms with Gasteiger partial charge in [0.25, 0.3) is 0 Å². The Morgan fingerprint density at radius 2 is 1.89 bits per heavy atom. The third kappa shape index (κ3) is 3.29. The number of carbonyl (C=O) groups excluding carboxylic acids is 1. The molecule has 1 aliphatic heterocycles. The lowest BCUT2D eigenvalue weighted by molar-refractivity contribution is -0.140. The summed E-state index contributed by atoms with van der Waals surface area (Å²) in [6, 6.07) is 0. The van der Waals surface area contributed by atoms with Gasteiger partial charge in [0.2, 0.25) is 5.91 Å². The van der Waals surface area contributed by atoms with Gasteiger partial charge in [-0.05, 0) is 51.7 Å². The molecule has 0 aromatic rings. The van der Waals surface area contributed by atoms with Crippen LogP contribution in [-0.4, -0.2) is 56.0 Å². The first-order valence-electron chi connectivity index (χ1n) is 7.71. The minimum Gasteiger partial charge on any atom is -0.345 e. The van der Waals surface area contributed by atoms with Crippen LogP contribution in [0, 0.1) is 11.3 Å². The smallest absolute Gasteiger partial charge is 0.229 e. The number of amides is 1. The van der Waals surface area contributed by atoms with Crippen LogP contribution in [0.4, 0.5) is 0 Å². The molecule has 2 rings (SSSR count). The number of carbonyl (C=O) groups is 1. The summed E-state index contributed by atoms with van der Waals surface area (Å²) >= 11 is 0. The van der Waals surface area contributed by atoms with Crippen LogP contribution in [0.25, 0.3) is 0 Å². The minimum atomic E-state index is -0.236. The summed E-state index contributed by atoms with van der Waals surface area (Å²) in [6.07, 6.45) is 6.71. The first kappa shape index (κ1) is 14.8. The van der Waals surface area contributed by atoms with Crippen LogP contribution in [0.15, 0.2) is 0 Å². The summed E-state index contributed by atoms with van der Waals surface area (Å²) in [5.41, 5.74) is 5.67. The van der Waals surface area contributed by atoms with Gasteiger partial charge in [-0.25, -0.2) is 0 Å². The van der Waals surface area contributed by atoms with E-state index in [1.807, 2.05) is 11.9 Å². The predicted octanol–water partition coefficient (Wildman–Crippen LogP) is 1.31. The Morgan fingerprint density at radius 3 is 2.42 bits per heavy atom. The van der Waals surface area contributed by atoms with E-state index in [0.717, 1.165) is 45.3 Å². The summed E-state index contributed by atoms with van der Waals surface area (Å²) in [5, 5.41) is 0. The molecule has 2 N–H and O–H groups in total. The number of rotatable bonds is 4. The van der Waals surface area contributed by atoms with Gasteiger partial charge >= 0.3 is 0 Å². The molecule has 110 valence electrons. The van der Waals surface area contributed by atoms with E-state index in [2.05, 4.69) is 11.9 Å². The van der Waals surface area contributed by atoms with Crippen molar-refractivity contribution in [1.29, 1.82) is 0 Å². The predicted molar refractivity (Wildman–Crippen MR) is 77.8 cm³/mol. The van der Waals surface area contributed by atoms with E-state index in [1.165, 1.54) is 12.8 Å². The fourth-order valence-corrected chi connectivity index (χ4v) is 3.68. The number of nitrogens with zero attached hydrogens (tertiary/aromatic N) is 2. The normalized spacial score (nSPS) is 24.6. The topological polar surface area (TPSA) is 49.6 Å². The van der Waals surface area contributed by atoms with Gasteiger partial charge in [-0.3, -0.25) is 4.79 Å². The van der Waals surface area contributed by atoms with E-state index in [9.17, 15) is 4.79 Å². The van der Waals surface area contributed by atoms with Gasteiger partial charge in [-0.15, -0.1) is 0 Å². The van der Waals surface area contributed by atoms with Gasteiger partial charge in [0.05, 0.1) is 5.41 Å². The molecule has 0 bridgehead atoms. The van der Waals surface area contributed by atoms with Gasteiger partial charge in [0.15, 0.2) is 0 Å². The molecular weight excluding hydrogens is 238 g/mol. The minimum absolute atomic E-state index is 0.236. The zero-order valence-electron chi connectivity index (χ0n) is 12.5. The van der Waals surface area contributed by atoms with Crippen molar-refractivity contribution in [3.63, 3.8) is 0 Å². The van der Waals surface area contributed by atoms with Crippen LogP contribution in [0.1, 0.15) is 38.5 Å². The average Bonchev–Trinajstić information content (AvgIpc) is 2.90. The third-order valence-corrected chi connectivity index (χ3v) is 5.12. The van der Waals surface area contributed by atoms with E-state index < -0.39 is 0 Å². The number of likely N-dealkylation sites (tertiary alicyclic amines) is 1. The summed E-state index contributed by atoms with van der Waals surface area (Å²) in [6.45, 7) is 3.75. The van der Waals surface area contributed by atoms with Crippen molar-refractivity contribution >= 4 is 5.91 Å². The maximum Gasteiger partial charge on any atom is 0.229 e. The van der Waals surface area contributed by atoms with Crippen molar-refractivity contribution in [3.05, 3.63) is 0 Å². The quantitative estimate of drug-likeness (QED) is 0.835. The highest BCUT2D eigenvalue weighted by Gasteiger charge is 2.41. The van der Waals surface area contributed by atoms with Gasteiger partial charge in [0, 0.05) is 20.1 Å². The van der Waals surface area contributed by atoms with Crippen LogP contribution in [0.5, 0.6) is 0 Å². The van der Waals surface area contributed by atoms with Gasteiger partial charge in [-0.1, -0.05) is 12.8 Å². The molecule has 1 saturated carbocycles. The second-order valence-electron chi connectivity index (χ2n) is 6.62. The molecule has 0 aromatic heterocycles. The van der Waals surface area contributed by atoms with Crippen molar-refractivity contribution < 1.29 is 4.79 Å². The second kappa shape index (κ2) is 6.23. The van der Waals surface area contributed by atoms with E-state index in [-0.39, 0.29) is 5.41 Å². The molecule has 0 spiro atoms. The van der Waals surface area contributed by atoms with Crippen molar-refractivity contribution in [3.8, 4) is 0 Å². The molecule has 1 heterocycles. The standard InChI is InChI=1S/C15H29N3O/c1-17-9-5-13(6-10-17)11-18(2)14(19)15(12-16)7-3-4-8-15/h13H,3-12,16H2,1-2H3. The van der Waals surface area contributed by atoms with E-state index >= 15 is 0 Å². The Kier molecular flexibility index (Phi) is 4.85. The zero-order chi connectivity index (χ0) is 13.9. The van der Waals surface area contributed by atoms with Gasteiger partial charge in [-0.2, -0.15) is 0 Å². The average molecular weight is 267 g/mol. The molecule has 1 aliphatic carbocycles. The van der Waals surface area contributed by atoms with Crippen molar-refractivity contribution in [1.82, 2.24) is 9.80 Å². The third-order valence-electron chi connectivity index (χ3n) is 5.12. The summed E-state index contributed by atoms with van der Waals surface area (Å²) in [5.74, 6) is 0.966. The molecule has 0 radical (unpaired) electrons. The van der Waals surface area contributed by atoms with Crippen LogP contribution in [-0.2, 0) is 4.79 Å². The zero-order valence-corrected chi connectivity index (χ0v) is 12.5. The van der Waals surface area contributed by atoms with E-state index in [1.54, 1.807) is 0 Å². The Morgan fingerprint density at radius 1 is 1.32 bits per heavy atom. The molecule has 19 heavy (non-hydrogen) atoms. The monoisotopic (exact) mass is 267 g/mol. The maximum absolute atomic E-state index is 12.7. The lowest BCUT2D eigenvalue weighted by Gasteiger charge is -2.35. The highest BCUT2D eigenvalue weighted by molar-refractivity contribution is 5.83. The summed E-state index contributed by atoms with van der Waals surface area (Å²) < 4.78 is 0. The second-order valence-corrected chi connectivity index (χ2v) is 6.62. The first-order valence-corrected chi connectivity index (χ1v) is 7.71. The molecule has 1 amide bonds. The fraction of sp³-hybridized carbons (Fsp3) is 0.933. The molecule has 4 nitrogen and oxygen atoms in total. The number of hydrogen-bond acceptors (Lipinski definition) is 3. The largest absolute Gasteiger partial charge is 0.345 e. The highest BCUT2D eigenvalue weighted by Crippen LogP contribution is 2.38. The Balaban J connectivity index is 1.88. The van der Waals surface area contributed by atoms with Crippen molar-refractivity contribution in [2.75, 3.05) is 40.3 Å². The maximum atomic E-state index is 12.7. The molecule has 0 unspecified atom stereocenters. The van der Waals surface area contributed by atoms with Crippen LogP contribution in [0.2, 0.25) is 0 Å². The molecule has 0 aromatic carbocycles. The van der Waals surface area contributed by atoms with Crippen LogP contribution < -0.4 is 5.73 Å². The number of hydrogen-bond donors (Lipinski definition) is 1. The molecule has 4 heteroatoms. The lowest BCUT2D eigenvalue weighted by Crippen LogP contribution is -2.47. The Labute approximate surface area is 117 Å². The SMILES string of the molecule is CN1CCC(CN(C)C(=O)C2(CN)CCCC2)CC1. The molecular formula is C15H29N3O. The van der Waals surface area contributed by atoms with Crippen LogP contribution >= 0.6 is 0 Å². The Hall–Kier alpha value is -0.610. The van der Waals surface area contributed by atoms with E-state index in [4.69, 9.17) is 5.73 Å². The molecule has 2 fully saturated rings. The Bertz CT molecular complexity index is 305. The molecule has 2 aliphatic rings. The summed E-state index contributed by atoms with van der Waals surface area (Å²) in [7, 11) is 4.14. The molecule has 1 saturated heterocycles. The first-order chi connectivity index (χ1) is 9.07. The lowest BCUT2D eigenvalue weighted by atomic mass is 9.84. The van der Waals surface area contributed by atoms with E-state index in [0.29, 0.717) is 18.4 Å². The highest BCUT2D eigenvalue weighted by atomic mass is 16.2. The van der Waals surface area contributed by atoms with Crippen molar-refractivity contribution in [2.45, 2.75) is 38.5 Å². The number of nitrogens with two attached hydrogens (primary N) is 1. The fourth-order valence-electron chi connectivity index (χ4n) is 3.68. The van der Waals surface area contributed by atoms with Crippen molar-refractivity contribution in [2.24, 2.45) is 17.1 Å². The summed E-state index contributed by atoms with van der Waals surface area (Å²) in [4.78, 5) is 17.0. The molecule has 0 atom stereocenters. The van der Waals surface area contributed by atoms with Crippen LogP contribution in [0.3, 0.4) is 0 Å².